The molecule has 0 aliphatic heterocycles. The van der Waals surface area contributed by atoms with Crippen LogP contribution in [0.3, 0.4) is 0 Å². The quantitative estimate of drug-likeness (QED) is 0.868. The van der Waals surface area contributed by atoms with Crippen LogP contribution in [0, 0.1) is 11.3 Å². The molecular weight excluding hydrogens is 289 g/mol. The van der Waals surface area contributed by atoms with Crippen LogP contribution in [-0.4, -0.2) is 12.0 Å². The molecule has 1 aliphatic rings. The largest absolute Gasteiger partial charge is 0.454 e. The first-order valence-electron chi connectivity index (χ1n) is 6.02. The Hall–Kier alpha value is -1.81. The van der Waals surface area contributed by atoms with Crippen LogP contribution < -0.4 is 5.32 Å². The summed E-state index contributed by atoms with van der Waals surface area (Å²) in [5.74, 6) is -1.93. The van der Waals surface area contributed by atoms with Crippen molar-refractivity contribution < 1.29 is 18.0 Å². The van der Waals surface area contributed by atoms with Gasteiger partial charge in [0.15, 0.2) is 0 Å². The number of allylic oxidation sites excluding steroid dienone is 1. The van der Waals surface area contributed by atoms with Crippen LogP contribution in [0.4, 0.5) is 18.2 Å². The zero-order valence-corrected chi connectivity index (χ0v) is 11.2. The lowest BCUT2D eigenvalue weighted by Crippen LogP contribution is -2.20. The van der Waals surface area contributed by atoms with Gasteiger partial charge in [0.2, 0.25) is 0 Å². The lowest BCUT2D eigenvalue weighted by Gasteiger charge is -2.09. The molecule has 0 amide bonds. The molecule has 1 heterocycles. The molecule has 0 unspecified atom stereocenters. The van der Waals surface area contributed by atoms with E-state index in [0.717, 1.165) is 42.3 Å². The maximum absolute atomic E-state index is 12.0. The number of alkyl halides is 3. The number of ketones is 1. The third-order valence-electron chi connectivity index (χ3n) is 3.01. The zero-order valence-electron chi connectivity index (χ0n) is 10.4. The summed E-state index contributed by atoms with van der Waals surface area (Å²) in [5.41, 5.74) is 1.47. The molecule has 20 heavy (non-hydrogen) atoms. The van der Waals surface area contributed by atoms with E-state index in [-0.39, 0.29) is 0 Å². The van der Waals surface area contributed by atoms with Gasteiger partial charge in [-0.15, -0.1) is 11.3 Å². The van der Waals surface area contributed by atoms with Crippen molar-refractivity contribution in [2.24, 2.45) is 0 Å². The van der Waals surface area contributed by atoms with Crippen molar-refractivity contribution in [1.82, 2.24) is 0 Å². The number of hydrogen-bond donors (Lipinski definition) is 1. The van der Waals surface area contributed by atoms with Gasteiger partial charge in [0.25, 0.3) is 5.78 Å². The fourth-order valence-electron chi connectivity index (χ4n) is 2.07. The molecule has 1 aliphatic carbocycles. The predicted molar refractivity (Wildman–Crippen MR) is 69.5 cm³/mol. The van der Waals surface area contributed by atoms with Crippen molar-refractivity contribution in [2.75, 3.05) is 5.32 Å². The van der Waals surface area contributed by atoms with Gasteiger partial charge in [-0.2, -0.15) is 18.4 Å². The Morgan fingerprint density at radius 2 is 2.05 bits per heavy atom. The first kappa shape index (κ1) is 14.6. The minimum absolute atomic E-state index is 0.430. The maximum atomic E-state index is 12.0. The minimum atomic E-state index is -4.87. The monoisotopic (exact) mass is 300 g/mol. The van der Waals surface area contributed by atoms with Gasteiger partial charge in [0.1, 0.15) is 11.1 Å². The van der Waals surface area contributed by atoms with Crippen LogP contribution in [0.25, 0.3) is 0 Å². The third kappa shape index (κ3) is 3.02. The Morgan fingerprint density at radius 3 is 2.70 bits per heavy atom. The summed E-state index contributed by atoms with van der Waals surface area (Å²) in [6, 6.07) is 2.08. The van der Waals surface area contributed by atoms with Crippen molar-refractivity contribution in [1.29, 1.82) is 5.26 Å². The van der Waals surface area contributed by atoms with Crippen LogP contribution in [0.5, 0.6) is 0 Å². The molecule has 0 spiro atoms. The number of nitrogens with one attached hydrogen (secondary N) is 1. The molecule has 0 atom stereocenters. The SMILES string of the molecule is N#Cc1c(NC=CC(=O)C(F)(F)F)sc2c1CCCC2. The molecule has 2 rings (SSSR count). The highest BCUT2D eigenvalue weighted by Crippen LogP contribution is 2.37. The molecule has 1 aromatic rings. The second-order valence-corrected chi connectivity index (χ2v) is 5.47. The number of carbonyl (C=O) groups is 1. The number of fused-ring (bicyclic) bond motifs is 1. The number of rotatable bonds is 3. The van der Waals surface area contributed by atoms with Gasteiger partial charge < -0.3 is 5.32 Å². The molecule has 0 bridgehead atoms. The van der Waals surface area contributed by atoms with Crippen molar-refractivity contribution in [3.05, 3.63) is 28.3 Å². The van der Waals surface area contributed by atoms with E-state index in [1.54, 1.807) is 0 Å². The molecule has 0 saturated carbocycles. The summed E-state index contributed by atoms with van der Waals surface area (Å²) in [4.78, 5) is 11.8. The number of halogens is 3. The molecule has 7 heteroatoms. The molecule has 0 fully saturated rings. The molecule has 1 aromatic heterocycles. The highest BCUT2D eigenvalue weighted by Gasteiger charge is 2.36. The molecule has 0 aromatic carbocycles. The van der Waals surface area contributed by atoms with Gasteiger partial charge in [0.05, 0.1) is 5.56 Å². The molecular formula is C13H11F3N2OS. The summed E-state index contributed by atoms with van der Waals surface area (Å²) in [7, 11) is 0. The highest BCUT2D eigenvalue weighted by atomic mass is 32.1. The number of thiophene rings is 1. The van der Waals surface area contributed by atoms with E-state index in [1.165, 1.54) is 11.3 Å². The second kappa shape index (κ2) is 5.67. The zero-order chi connectivity index (χ0) is 14.8. The number of aryl methyl sites for hydroxylation is 1. The fraction of sp³-hybridized carbons (Fsp3) is 0.385. The fourth-order valence-corrected chi connectivity index (χ4v) is 3.29. The van der Waals surface area contributed by atoms with Gasteiger partial charge in [0, 0.05) is 17.2 Å². The molecule has 0 radical (unpaired) electrons. The normalized spacial score (nSPS) is 14.9. The number of hydrogen-bond acceptors (Lipinski definition) is 4. The standard InChI is InChI=1S/C13H11F3N2OS/c14-13(15,16)11(19)5-6-18-12-9(7-17)8-3-1-2-4-10(8)20-12/h5-6,18H,1-4H2. The van der Waals surface area contributed by atoms with Crippen molar-refractivity contribution in [3.63, 3.8) is 0 Å². The van der Waals surface area contributed by atoms with Crippen LogP contribution >= 0.6 is 11.3 Å². The topological polar surface area (TPSA) is 52.9 Å². The summed E-state index contributed by atoms with van der Waals surface area (Å²) in [5, 5.41) is 12.3. The average molecular weight is 300 g/mol. The van der Waals surface area contributed by atoms with Gasteiger partial charge in [-0.3, -0.25) is 4.79 Å². The lowest BCUT2D eigenvalue weighted by molar-refractivity contribution is -0.165. The number of anilines is 1. The highest BCUT2D eigenvalue weighted by molar-refractivity contribution is 7.16. The second-order valence-electron chi connectivity index (χ2n) is 4.37. The first-order valence-corrected chi connectivity index (χ1v) is 6.84. The Bertz CT molecular complexity index is 596. The molecule has 0 saturated heterocycles. The van der Waals surface area contributed by atoms with Crippen LogP contribution in [0.15, 0.2) is 12.3 Å². The minimum Gasteiger partial charge on any atom is -0.352 e. The molecule has 1 N–H and O–H groups in total. The predicted octanol–water partition coefficient (Wildman–Crippen LogP) is 3.56. The average Bonchev–Trinajstić information content (AvgIpc) is 2.74. The van der Waals surface area contributed by atoms with E-state index in [2.05, 4.69) is 11.4 Å². The maximum Gasteiger partial charge on any atom is 0.454 e. The van der Waals surface area contributed by atoms with Crippen LogP contribution in [0.2, 0.25) is 0 Å². The molecule has 106 valence electrons. The smallest absolute Gasteiger partial charge is 0.352 e. The van der Waals surface area contributed by atoms with Crippen molar-refractivity contribution in [3.8, 4) is 6.07 Å². The van der Waals surface area contributed by atoms with Gasteiger partial charge >= 0.3 is 6.18 Å². The van der Waals surface area contributed by atoms with Gasteiger partial charge in [-0.25, -0.2) is 0 Å². The van der Waals surface area contributed by atoms with E-state index in [0.29, 0.717) is 16.6 Å². The Balaban J connectivity index is 2.15. The van der Waals surface area contributed by atoms with E-state index in [4.69, 9.17) is 5.26 Å². The summed E-state index contributed by atoms with van der Waals surface area (Å²) >= 11 is 1.37. The summed E-state index contributed by atoms with van der Waals surface area (Å²) in [6.07, 6.45) is 0.280. The van der Waals surface area contributed by atoms with Gasteiger partial charge in [-0.1, -0.05) is 0 Å². The third-order valence-corrected chi connectivity index (χ3v) is 4.23. The first-order chi connectivity index (χ1) is 9.43. The lowest BCUT2D eigenvalue weighted by atomic mass is 9.96. The van der Waals surface area contributed by atoms with Crippen LogP contribution in [-0.2, 0) is 17.6 Å². The van der Waals surface area contributed by atoms with E-state index in [1.807, 2.05) is 0 Å². The molecule has 3 nitrogen and oxygen atoms in total. The van der Waals surface area contributed by atoms with Gasteiger partial charge in [-0.05, 0) is 31.2 Å². The number of nitriles is 1. The Kier molecular flexibility index (Phi) is 4.14. The number of nitrogens with zero attached hydrogens (tertiary/aromatic N) is 1. The van der Waals surface area contributed by atoms with E-state index >= 15 is 0 Å². The van der Waals surface area contributed by atoms with Crippen molar-refractivity contribution >= 4 is 22.1 Å². The van der Waals surface area contributed by atoms with E-state index in [9.17, 15) is 18.0 Å². The Morgan fingerprint density at radius 1 is 1.35 bits per heavy atom. The van der Waals surface area contributed by atoms with Crippen molar-refractivity contribution in [2.45, 2.75) is 31.9 Å². The Labute approximate surface area is 117 Å². The summed E-state index contributed by atoms with van der Waals surface area (Å²) in [6.45, 7) is 0. The summed E-state index contributed by atoms with van der Waals surface area (Å²) < 4.78 is 36.1. The number of carbonyl (C=O) groups excluding carboxylic acids is 1. The van der Waals surface area contributed by atoms with E-state index < -0.39 is 12.0 Å². The van der Waals surface area contributed by atoms with Crippen LogP contribution in [0.1, 0.15) is 28.8 Å².